The number of esters is 2. The first-order chi connectivity index (χ1) is 21.8. The van der Waals surface area contributed by atoms with Gasteiger partial charge in [0.2, 0.25) is 11.8 Å². The Balaban J connectivity index is 1.47. The smallest absolute Gasteiger partial charge is 0.408 e. The lowest BCUT2D eigenvalue weighted by Gasteiger charge is -2.26. The van der Waals surface area contributed by atoms with E-state index >= 15 is 0 Å². The fraction of sp³-hybridized carbons (Fsp3) is 0.424. The highest BCUT2D eigenvalue weighted by Gasteiger charge is 2.34. The van der Waals surface area contributed by atoms with Crippen LogP contribution in [0, 0.1) is 5.92 Å². The number of carbonyl (C=O) groups is 5. The fourth-order valence-corrected chi connectivity index (χ4v) is 5.13. The molecule has 0 bridgehead atoms. The topological polar surface area (TPSA) is 161 Å². The number of alkyl carbamates (subject to hydrolysis) is 1. The van der Waals surface area contributed by atoms with Gasteiger partial charge in [0, 0.05) is 13.0 Å². The number of ether oxygens (including phenoxy) is 3. The van der Waals surface area contributed by atoms with Crippen LogP contribution < -0.4 is 10.6 Å². The van der Waals surface area contributed by atoms with Crippen LogP contribution in [0.2, 0.25) is 0 Å². The molecule has 3 N–H and O–H groups in total. The number of carbonyl (C=O) groups excluding carboxylic acids is 5. The van der Waals surface area contributed by atoms with Gasteiger partial charge in [-0.3, -0.25) is 9.59 Å². The Hall–Kier alpha value is -4.71. The summed E-state index contributed by atoms with van der Waals surface area (Å²) in [5, 5.41) is 14.8. The van der Waals surface area contributed by atoms with E-state index in [2.05, 4.69) is 10.6 Å². The lowest BCUT2D eigenvalue weighted by Crippen LogP contribution is -2.50. The highest BCUT2D eigenvalue weighted by Crippen LogP contribution is 2.21. The molecule has 0 aliphatic carbocycles. The second-order valence-corrected chi connectivity index (χ2v) is 11.0. The molecule has 2 aliphatic heterocycles. The first-order valence-corrected chi connectivity index (χ1v) is 15.0. The average Bonchev–Trinajstić information content (AvgIpc) is 3.55. The Morgan fingerprint density at radius 3 is 2.24 bits per heavy atom. The van der Waals surface area contributed by atoms with Crippen LogP contribution in [-0.4, -0.2) is 77.7 Å². The van der Waals surface area contributed by atoms with Gasteiger partial charge in [-0.25, -0.2) is 14.4 Å². The van der Waals surface area contributed by atoms with E-state index in [9.17, 15) is 29.1 Å². The normalized spacial score (nSPS) is 22.3. The maximum absolute atomic E-state index is 13.4. The molecular formula is C33H39N3O9. The van der Waals surface area contributed by atoms with Gasteiger partial charge >= 0.3 is 18.0 Å². The quantitative estimate of drug-likeness (QED) is 0.217. The van der Waals surface area contributed by atoms with E-state index in [0.29, 0.717) is 13.0 Å². The number of likely N-dealkylation sites (tertiary alicyclic amines) is 1. The summed E-state index contributed by atoms with van der Waals surface area (Å²) in [5.41, 5.74) is 1.49. The molecule has 12 heteroatoms. The van der Waals surface area contributed by atoms with Gasteiger partial charge in [-0.05, 0) is 36.8 Å². The number of cyclic esters (lactones) is 1. The zero-order valence-electron chi connectivity index (χ0n) is 25.0. The van der Waals surface area contributed by atoms with E-state index in [1.165, 1.54) is 0 Å². The Kier molecular flexibility index (Phi) is 12.5. The van der Waals surface area contributed by atoms with Gasteiger partial charge in [0.1, 0.15) is 25.9 Å². The number of nitrogens with zero attached hydrogens (tertiary/aromatic N) is 1. The predicted octanol–water partition coefficient (Wildman–Crippen LogP) is 2.39. The largest absolute Gasteiger partial charge is 0.461 e. The van der Waals surface area contributed by atoms with Crippen molar-refractivity contribution >= 4 is 29.8 Å². The number of hydrogen-bond acceptors (Lipinski definition) is 9. The number of aliphatic hydroxyl groups excluding tert-OH is 1. The molecule has 2 heterocycles. The highest BCUT2D eigenvalue weighted by atomic mass is 16.6. The number of allylic oxidation sites excluding steroid dienone is 1. The van der Waals surface area contributed by atoms with Crippen molar-refractivity contribution in [3.63, 3.8) is 0 Å². The van der Waals surface area contributed by atoms with Crippen LogP contribution in [0.25, 0.3) is 0 Å². The lowest BCUT2D eigenvalue weighted by molar-refractivity contribution is -0.156. The van der Waals surface area contributed by atoms with Crippen LogP contribution in [0.15, 0.2) is 72.8 Å². The molecule has 1 saturated heterocycles. The number of aliphatic hydroxyl groups is 1. The zero-order chi connectivity index (χ0) is 32.0. The molecule has 2 aliphatic rings. The van der Waals surface area contributed by atoms with E-state index in [4.69, 9.17) is 14.2 Å². The van der Waals surface area contributed by atoms with Gasteiger partial charge in [-0.1, -0.05) is 72.8 Å². The van der Waals surface area contributed by atoms with Crippen molar-refractivity contribution < 1.29 is 43.3 Å². The van der Waals surface area contributed by atoms with Crippen LogP contribution >= 0.6 is 0 Å². The second kappa shape index (κ2) is 17.0. The number of nitrogens with one attached hydrogen (secondary N) is 2. The number of amides is 3. The summed E-state index contributed by atoms with van der Waals surface area (Å²) < 4.78 is 16.1. The molecule has 0 aromatic heterocycles. The summed E-state index contributed by atoms with van der Waals surface area (Å²) in [5.74, 6) is -3.37. The molecule has 4 rings (SSSR count). The van der Waals surface area contributed by atoms with Crippen LogP contribution in [0.1, 0.15) is 43.2 Å². The summed E-state index contributed by atoms with van der Waals surface area (Å²) in [6.07, 6.45) is 3.87. The number of rotatable bonds is 9. The first-order valence-electron chi connectivity index (χ1n) is 15.0. The van der Waals surface area contributed by atoms with Gasteiger partial charge in [-0.2, -0.15) is 0 Å². The van der Waals surface area contributed by atoms with Crippen molar-refractivity contribution in [3.8, 4) is 0 Å². The predicted molar refractivity (Wildman–Crippen MR) is 161 cm³/mol. The molecule has 0 spiro atoms. The van der Waals surface area contributed by atoms with E-state index in [0.717, 1.165) is 17.5 Å². The van der Waals surface area contributed by atoms with Gasteiger partial charge in [0.25, 0.3) is 0 Å². The standard InChI is InChI=1S/C33H39N3O9/c37-19-26-15-9-17-36(26)29(38)18-25-14-7-8-16-27(35-33(42)45-21-24-12-5-2-6-13-24)31(40)44-22-28(34-30(25)39)32(41)43-20-23-10-3-1-4-11-23/h1-8,10-13,25-28,37H,9,14-22H2,(H,34,39)(H,35,42)/t25-,26+,27-,28-/m1/s1. The van der Waals surface area contributed by atoms with E-state index in [1.807, 2.05) is 24.3 Å². The van der Waals surface area contributed by atoms with E-state index in [-0.39, 0.29) is 51.0 Å². The fourth-order valence-electron chi connectivity index (χ4n) is 5.13. The van der Waals surface area contributed by atoms with Gasteiger partial charge in [0.15, 0.2) is 6.04 Å². The molecule has 1 fully saturated rings. The molecular weight excluding hydrogens is 582 g/mol. The van der Waals surface area contributed by atoms with Crippen LogP contribution in [0.4, 0.5) is 4.79 Å². The Labute approximate surface area is 261 Å². The molecule has 240 valence electrons. The van der Waals surface area contributed by atoms with Crippen LogP contribution in [-0.2, 0) is 46.6 Å². The van der Waals surface area contributed by atoms with Gasteiger partial charge in [-0.15, -0.1) is 0 Å². The van der Waals surface area contributed by atoms with Crippen LogP contribution in [0.3, 0.4) is 0 Å². The summed E-state index contributed by atoms with van der Waals surface area (Å²) in [4.78, 5) is 66.8. The van der Waals surface area contributed by atoms with Crippen molar-refractivity contribution in [2.24, 2.45) is 5.92 Å². The third-order valence-electron chi connectivity index (χ3n) is 7.67. The van der Waals surface area contributed by atoms with E-state index in [1.54, 1.807) is 53.5 Å². The molecule has 0 unspecified atom stereocenters. The molecule has 2 aromatic rings. The minimum atomic E-state index is -1.37. The third-order valence-corrected chi connectivity index (χ3v) is 7.67. The van der Waals surface area contributed by atoms with Crippen molar-refractivity contribution in [2.75, 3.05) is 19.8 Å². The molecule has 3 amide bonds. The SMILES string of the molecule is O=C(N[C@@H]1CC=CC[C@H](CC(=O)N2CCC[C@H]2CO)C(=O)N[C@@H](C(=O)OCc2ccccc2)COC1=O)OCc1ccccc1. The van der Waals surface area contributed by atoms with E-state index < -0.39 is 48.5 Å². The van der Waals surface area contributed by atoms with Crippen molar-refractivity contribution in [3.05, 3.63) is 83.9 Å². The molecule has 45 heavy (non-hydrogen) atoms. The minimum absolute atomic E-state index is 0.00446. The Bertz CT molecular complexity index is 1340. The summed E-state index contributed by atoms with van der Waals surface area (Å²) in [7, 11) is 0. The van der Waals surface area contributed by atoms with Gasteiger partial charge in [0.05, 0.1) is 18.6 Å². The Morgan fingerprint density at radius 2 is 1.58 bits per heavy atom. The molecule has 12 nitrogen and oxygen atoms in total. The van der Waals surface area contributed by atoms with Crippen LogP contribution in [0.5, 0.6) is 0 Å². The average molecular weight is 622 g/mol. The minimum Gasteiger partial charge on any atom is -0.461 e. The number of benzene rings is 2. The lowest BCUT2D eigenvalue weighted by atomic mass is 9.97. The van der Waals surface area contributed by atoms with Gasteiger partial charge < -0.3 is 34.9 Å². The first kappa shape index (κ1) is 33.2. The third kappa shape index (κ3) is 10.2. The van der Waals surface area contributed by atoms with Crippen molar-refractivity contribution in [1.82, 2.24) is 15.5 Å². The summed E-state index contributed by atoms with van der Waals surface area (Å²) >= 11 is 0. The monoisotopic (exact) mass is 621 g/mol. The van der Waals surface area contributed by atoms with Crippen molar-refractivity contribution in [2.45, 2.75) is 63.4 Å². The summed E-state index contributed by atoms with van der Waals surface area (Å²) in [6.45, 7) is -0.300. The molecule has 0 radical (unpaired) electrons. The van der Waals surface area contributed by atoms with Crippen molar-refractivity contribution in [1.29, 1.82) is 0 Å². The highest BCUT2D eigenvalue weighted by molar-refractivity contribution is 5.90. The molecule has 4 atom stereocenters. The summed E-state index contributed by atoms with van der Waals surface area (Å²) in [6, 6.07) is 15.2. The molecule has 0 saturated carbocycles. The zero-order valence-corrected chi connectivity index (χ0v) is 25.0. The number of hydrogen-bond donors (Lipinski definition) is 3. The second-order valence-electron chi connectivity index (χ2n) is 11.0. The maximum atomic E-state index is 13.4. The Morgan fingerprint density at radius 1 is 0.933 bits per heavy atom. The maximum Gasteiger partial charge on any atom is 0.408 e. The molecule has 2 aromatic carbocycles.